The van der Waals surface area contributed by atoms with E-state index < -0.39 is 17.7 Å². The van der Waals surface area contributed by atoms with E-state index in [0.29, 0.717) is 22.7 Å². The number of hydrogen-bond donors (Lipinski definition) is 1. The van der Waals surface area contributed by atoms with Gasteiger partial charge < -0.3 is 24.4 Å². The molecule has 2 saturated heterocycles. The summed E-state index contributed by atoms with van der Waals surface area (Å²) in [5.74, 6) is -1.15. The van der Waals surface area contributed by atoms with Crippen LogP contribution in [0.4, 0.5) is 11.4 Å². The van der Waals surface area contributed by atoms with Crippen LogP contribution in [0.15, 0.2) is 72.3 Å². The first-order chi connectivity index (χ1) is 18.8. The fraction of sp³-hybridized carbons (Fsp3) is 0.290. The minimum absolute atomic E-state index is 0.0171. The molecule has 1 N–H and O–H groups in total. The third-order valence-corrected chi connectivity index (χ3v) is 7.46. The Bertz CT molecular complexity index is 1400. The lowest BCUT2D eigenvalue weighted by Gasteiger charge is -2.34. The number of rotatable bonds is 6. The Kier molecular flexibility index (Phi) is 7.30. The van der Waals surface area contributed by atoms with Gasteiger partial charge in [0.1, 0.15) is 22.8 Å². The smallest absolute Gasteiger partial charge is 0.300 e. The lowest BCUT2D eigenvalue weighted by molar-refractivity contribution is -0.132. The number of benzene rings is 3. The monoisotopic (exact) mass is 527 g/mol. The van der Waals surface area contributed by atoms with E-state index in [4.69, 9.17) is 9.47 Å². The van der Waals surface area contributed by atoms with E-state index in [-0.39, 0.29) is 16.9 Å². The Hall–Kier alpha value is -4.30. The molecular formula is C31H33N3O5. The summed E-state index contributed by atoms with van der Waals surface area (Å²) in [7, 11) is 5.07. The molecule has 202 valence electrons. The maximum atomic E-state index is 13.6. The second-order valence-corrected chi connectivity index (χ2v) is 9.93. The number of ether oxygens (including phenoxy) is 2. The zero-order valence-corrected chi connectivity index (χ0v) is 22.7. The Labute approximate surface area is 228 Å². The maximum absolute atomic E-state index is 13.6. The van der Waals surface area contributed by atoms with Crippen molar-refractivity contribution >= 4 is 28.8 Å². The van der Waals surface area contributed by atoms with Crippen molar-refractivity contribution in [3.8, 4) is 11.5 Å². The van der Waals surface area contributed by atoms with Gasteiger partial charge >= 0.3 is 0 Å². The van der Waals surface area contributed by atoms with Crippen molar-refractivity contribution in [2.24, 2.45) is 0 Å². The number of carbonyl (C=O) groups is 2. The molecule has 8 nitrogen and oxygen atoms in total. The number of aryl methyl sites for hydroxylation is 1. The number of ketones is 1. The van der Waals surface area contributed by atoms with E-state index >= 15 is 0 Å². The zero-order valence-electron chi connectivity index (χ0n) is 22.7. The van der Waals surface area contributed by atoms with E-state index in [1.54, 1.807) is 18.2 Å². The number of likely N-dealkylation sites (N-methyl/N-ethyl adjacent to an activating group) is 1. The molecule has 1 amide bonds. The van der Waals surface area contributed by atoms with E-state index in [0.717, 1.165) is 37.4 Å². The van der Waals surface area contributed by atoms with Gasteiger partial charge in [0.05, 0.1) is 25.8 Å². The first kappa shape index (κ1) is 26.3. The van der Waals surface area contributed by atoms with Gasteiger partial charge in [0.15, 0.2) is 0 Å². The van der Waals surface area contributed by atoms with Crippen molar-refractivity contribution in [3.05, 3.63) is 89.0 Å². The number of nitrogens with zero attached hydrogens (tertiary/aromatic N) is 3. The summed E-state index contributed by atoms with van der Waals surface area (Å²) in [4.78, 5) is 33.3. The second-order valence-electron chi connectivity index (χ2n) is 9.93. The Morgan fingerprint density at radius 3 is 2.03 bits per heavy atom. The number of hydrogen-bond acceptors (Lipinski definition) is 7. The van der Waals surface area contributed by atoms with Crippen LogP contribution in [0.2, 0.25) is 0 Å². The van der Waals surface area contributed by atoms with Gasteiger partial charge in [-0.3, -0.25) is 14.5 Å². The molecule has 0 aliphatic carbocycles. The number of aliphatic hydroxyl groups excluding tert-OH is 1. The van der Waals surface area contributed by atoms with Crippen molar-refractivity contribution in [2.45, 2.75) is 13.0 Å². The lowest BCUT2D eigenvalue weighted by atomic mass is 9.93. The highest BCUT2D eigenvalue weighted by Gasteiger charge is 2.47. The van der Waals surface area contributed by atoms with E-state index in [1.165, 1.54) is 19.1 Å². The van der Waals surface area contributed by atoms with Crippen LogP contribution in [0.25, 0.3) is 5.76 Å². The molecule has 8 heteroatoms. The van der Waals surface area contributed by atoms with Gasteiger partial charge in [0.25, 0.3) is 11.7 Å². The third kappa shape index (κ3) is 4.83. The Balaban J connectivity index is 1.64. The SMILES string of the molecule is COc1cccc(OC)c1/C(O)=C1\C(=O)C(=O)N(c2ccc(N3CCN(C)CC3)cc2)C1c1cccc(C)c1. The summed E-state index contributed by atoms with van der Waals surface area (Å²) >= 11 is 0. The Morgan fingerprint density at radius 2 is 1.44 bits per heavy atom. The third-order valence-electron chi connectivity index (χ3n) is 7.46. The average Bonchev–Trinajstić information content (AvgIpc) is 3.22. The molecule has 0 spiro atoms. The van der Waals surface area contributed by atoms with Crippen molar-refractivity contribution in [1.29, 1.82) is 0 Å². The topological polar surface area (TPSA) is 82.5 Å². The Morgan fingerprint density at radius 1 is 0.846 bits per heavy atom. The molecule has 3 aromatic carbocycles. The molecule has 0 saturated carbocycles. The fourth-order valence-electron chi connectivity index (χ4n) is 5.36. The van der Waals surface area contributed by atoms with Gasteiger partial charge in [-0.2, -0.15) is 0 Å². The molecule has 1 atom stereocenters. The van der Waals surface area contributed by atoms with Gasteiger partial charge in [0, 0.05) is 37.6 Å². The molecule has 3 aromatic rings. The molecule has 2 aliphatic heterocycles. The van der Waals surface area contributed by atoms with E-state index in [9.17, 15) is 14.7 Å². The summed E-state index contributed by atoms with van der Waals surface area (Å²) in [5.41, 5.74) is 3.54. The van der Waals surface area contributed by atoms with Gasteiger partial charge in [-0.15, -0.1) is 0 Å². The number of methoxy groups -OCH3 is 2. The molecule has 1 unspecified atom stereocenters. The number of anilines is 2. The van der Waals surface area contributed by atoms with Gasteiger partial charge in [-0.25, -0.2) is 0 Å². The summed E-state index contributed by atoms with van der Waals surface area (Å²) in [6, 6.07) is 19.6. The quantitative estimate of drug-likeness (QED) is 0.289. The molecule has 39 heavy (non-hydrogen) atoms. The highest BCUT2D eigenvalue weighted by molar-refractivity contribution is 6.51. The first-order valence-electron chi connectivity index (χ1n) is 13.0. The van der Waals surface area contributed by atoms with E-state index in [2.05, 4.69) is 16.8 Å². The van der Waals surface area contributed by atoms with Crippen LogP contribution in [0.1, 0.15) is 22.7 Å². The first-order valence-corrected chi connectivity index (χ1v) is 13.0. The van der Waals surface area contributed by atoms with E-state index in [1.807, 2.05) is 55.5 Å². The number of piperazine rings is 1. The summed E-state index contributed by atoms with van der Waals surface area (Å²) < 4.78 is 11.0. The fourth-order valence-corrected chi connectivity index (χ4v) is 5.36. The van der Waals surface area contributed by atoms with Crippen LogP contribution in [0.3, 0.4) is 0 Å². The minimum Gasteiger partial charge on any atom is -0.506 e. The molecular weight excluding hydrogens is 494 g/mol. The van der Waals surface area contributed by atoms with Crippen LogP contribution in [-0.2, 0) is 9.59 Å². The average molecular weight is 528 g/mol. The summed E-state index contributed by atoms with van der Waals surface area (Å²) in [6.07, 6.45) is 0. The van der Waals surface area contributed by atoms with Crippen molar-refractivity contribution in [1.82, 2.24) is 4.90 Å². The number of carbonyl (C=O) groups excluding carboxylic acids is 2. The standard InChI is InChI=1S/C31H33N3O5/c1-20-7-5-8-21(19-20)28-27(29(35)26-24(38-3)9-6-10-25(26)39-4)30(36)31(37)34(28)23-13-11-22(12-14-23)33-17-15-32(2)16-18-33/h5-14,19,28,35H,15-18H2,1-4H3/b29-27+. The lowest BCUT2D eigenvalue weighted by Crippen LogP contribution is -2.44. The molecule has 2 aliphatic rings. The molecule has 2 fully saturated rings. The van der Waals surface area contributed by atoms with Gasteiger partial charge in [0.2, 0.25) is 0 Å². The molecule has 5 rings (SSSR count). The minimum atomic E-state index is -0.839. The predicted octanol–water partition coefficient (Wildman–Crippen LogP) is 4.39. The normalized spacial score (nSPS) is 19.4. The van der Waals surface area contributed by atoms with Crippen LogP contribution >= 0.6 is 0 Å². The maximum Gasteiger partial charge on any atom is 0.300 e. The number of Topliss-reactive ketones (excluding diaryl/α,β-unsaturated/α-hetero) is 1. The number of amides is 1. The zero-order chi connectivity index (χ0) is 27.7. The molecule has 0 bridgehead atoms. The highest BCUT2D eigenvalue weighted by Crippen LogP contribution is 2.45. The molecule has 0 radical (unpaired) electrons. The number of aliphatic hydroxyl groups is 1. The highest BCUT2D eigenvalue weighted by atomic mass is 16.5. The van der Waals surface area contributed by atoms with Crippen molar-refractivity contribution < 1.29 is 24.2 Å². The largest absolute Gasteiger partial charge is 0.506 e. The summed E-state index contributed by atoms with van der Waals surface area (Å²) in [6.45, 7) is 5.75. The van der Waals surface area contributed by atoms with Gasteiger partial charge in [-0.05, 0) is 55.9 Å². The van der Waals surface area contributed by atoms with Crippen LogP contribution in [0, 0.1) is 6.92 Å². The molecule has 2 heterocycles. The predicted molar refractivity (Wildman–Crippen MR) is 152 cm³/mol. The van der Waals surface area contributed by atoms with Crippen molar-refractivity contribution in [2.75, 3.05) is 57.2 Å². The van der Waals surface area contributed by atoms with Crippen LogP contribution in [0.5, 0.6) is 11.5 Å². The van der Waals surface area contributed by atoms with Crippen LogP contribution in [-0.4, -0.2) is 69.1 Å². The van der Waals surface area contributed by atoms with Crippen molar-refractivity contribution in [3.63, 3.8) is 0 Å². The summed E-state index contributed by atoms with van der Waals surface area (Å²) in [5, 5.41) is 11.6. The second kappa shape index (κ2) is 10.8. The molecule has 0 aromatic heterocycles. The van der Waals surface area contributed by atoms with Crippen LogP contribution < -0.4 is 19.3 Å². The van der Waals surface area contributed by atoms with Gasteiger partial charge in [-0.1, -0.05) is 35.9 Å².